The Labute approximate surface area is 156 Å². The first kappa shape index (κ1) is 20.1. The Bertz CT molecular complexity index is 846. The Morgan fingerprint density at radius 1 is 1.19 bits per heavy atom. The molecule has 0 spiro atoms. The minimum absolute atomic E-state index is 0.0534. The maximum atomic E-state index is 12.1. The number of carbonyl (C=O) groups excluding carboxylic acids is 2. The van der Waals surface area contributed by atoms with Crippen molar-refractivity contribution in [3.8, 4) is 0 Å². The molecule has 140 valence electrons. The molecule has 1 heterocycles. The molecule has 0 saturated heterocycles. The number of sulfonamides is 1. The standard InChI is InChI=1S/C17H20N2O5S2/c1-3-19-26(22,23)15-8-6-13(7-9-15)17(21)24-12(2)16(20)18-11-14-5-4-10-25-14/h4-10,12,19H,3,11H2,1-2H3,(H,18,20)/t12-/m0/s1. The number of ether oxygens (including phenoxy) is 1. The van der Waals surface area contributed by atoms with E-state index in [4.69, 9.17) is 4.74 Å². The highest BCUT2D eigenvalue weighted by molar-refractivity contribution is 7.89. The SMILES string of the molecule is CCNS(=O)(=O)c1ccc(C(=O)O[C@@H](C)C(=O)NCc2cccs2)cc1. The predicted octanol–water partition coefficient (Wildman–Crippen LogP) is 1.91. The van der Waals surface area contributed by atoms with E-state index in [9.17, 15) is 18.0 Å². The van der Waals surface area contributed by atoms with E-state index in [1.54, 1.807) is 6.92 Å². The third kappa shape index (κ3) is 5.38. The molecular weight excluding hydrogens is 376 g/mol. The number of benzene rings is 1. The topological polar surface area (TPSA) is 102 Å². The lowest BCUT2D eigenvalue weighted by atomic mass is 10.2. The second kappa shape index (κ2) is 8.93. The average molecular weight is 396 g/mol. The van der Waals surface area contributed by atoms with Crippen LogP contribution < -0.4 is 10.0 Å². The number of hydrogen-bond acceptors (Lipinski definition) is 6. The summed E-state index contributed by atoms with van der Waals surface area (Å²) in [5.41, 5.74) is 0.165. The van der Waals surface area contributed by atoms with Gasteiger partial charge in [0.15, 0.2) is 6.10 Å². The summed E-state index contributed by atoms with van der Waals surface area (Å²) in [6.45, 7) is 3.79. The second-order valence-corrected chi connectivity index (χ2v) is 8.17. The second-order valence-electron chi connectivity index (χ2n) is 5.37. The molecule has 1 aromatic heterocycles. The summed E-state index contributed by atoms with van der Waals surface area (Å²) in [5, 5.41) is 4.60. The van der Waals surface area contributed by atoms with Crippen LogP contribution >= 0.6 is 11.3 Å². The lowest BCUT2D eigenvalue weighted by molar-refractivity contribution is -0.129. The molecule has 1 aromatic carbocycles. The Morgan fingerprint density at radius 3 is 2.46 bits per heavy atom. The third-order valence-electron chi connectivity index (χ3n) is 3.40. The molecule has 0 fully saturated rings. The van der Waals surface area contributed by atoms with Crippen molar-refractivity contribution in [3.05, 3.63) is 52.2 Å². The van der Waals surface area contributed by atoms with E-state index in [0.29, 0.717) is 6.54 Å². The van der Waals surface area contributed by atoms with Crippen molar-refractivity contribution in [3.63, 3.8) is 0 Å². The lowest BCUT2D eigenvalue weighted by Gasteiger charge is -2.13. The van der Waals surface area contributed by atoms with Crippen molar-refractivity contribution >= 4 is 33.2 Å². The fourth-order valence-corrected chi connectivity index (χ4v) is 3.74. The Kier molecular flexibility index (Phi) is 6.90. The Morgan fingerprint density at radius 2 is 1.88 bits per heavy atom. The summed E-state index contributed by atoms with van der Waals surface area (Å²) in [6.07, 6.45) is -0.965. The number of nitrogens with one attached hydrogen (secondary N) is 2. The molecule has 7 nitrogen and oxygen atoms in total. The maximum absolute atomic E-state index is 12.1. The van der Waals surface area contributed by atoms with Crippen LogP contribution in [0.25, 0.3) is 0 Å². The zero-order chi connectivity index (χ0) is 19.2. The van der Waals surface area contributed by atoms with Crippen LogP contribution in [-0.2, 0) is 26.1 Å². The van der Waals surface area contributed by atoms with Gasteiger partial charge in [0.05, 0.1) is 17.0 Å². The van der Waals surface area contributed by atoms with E-state index in [0.717, 1.165) is 4.88 Å². The van der Waals surface area contributed by atoms with Gasteiger partial charge in [0.25, 0.3) is 5.91 Å². The minimum atomic E-state index is -3.58. The fraction of sp³-hybridized carbons (Fsp3) is 0.294. The Balaban J connectivity index is 1.93. The highest BCUT2D eigenvalue weighted by atomic mass is 32.2. The van der Waals surface area contributed by atoms with Gasteiger partial charge in [-0.05, 0) is 42.6 Å². The highest BCUT2D eigenvalue weighted by Crippen LogP contribution is 2.12. The number of rotatable bonds is 8. The first-order valence-corrected chi connectivity index (χ1v) is 10.3. The zero-order valence-corrected chi connectivity index (χ0v) is 16.0. The molecule has 9 heteroatoms. The third-order valence-corrected chi connectivity index (χ3v) is 5.84. The number of amides is 1. The van der Waals surface area contributed by atoms with Crippen LogP contribution in [-0.4, -0.2) is 32.9 Å². The fourth-order valence-electron chi connectivity index (χ4n) is 2.06. The van der Waals surface area contributed by atoms with Crippen LogP contribution in [0.15, 0.2) is 46.7 Å². The van der Waals surface area contributed by atoms with Crippen molar-refractivity contribution < 1.29 is 22.7 Å². The van der Waals surface area contributed by atoms with Crippen molar-refractivity contribution in [2.75, 3.05) is 6.54 Å². The van der Waals surface area contributed by atoms with Crippen LogP contribution in [0, 0.1) is 0 Å². The lowest BCUT2D eigenvalue weighted by Crippen LogP contribution is -2.35. The first-order valence-electron chi connectivity index (χ1n) is 7.94. The van der Waals surface area contributed by atoms with E-state index in [1.165, 1.54) is 42.5 Å². The number of carbonyl (C=O) groups is 2. The number of thiophene rings is 1. The smallest absolute Gasteiger partial charge is 0.338 e. The first-order chi connectivity index (χ1) is 12.3. The van der Waals surface area contributed by atoms with Gasteiger partial charge in [-0.1, -0.05) is 13.0 Å². The van der Waals surface area contributed by atoms with Gasteiger partial charge in [0.2, 0.25) is 10.0 Å². The van der Waals surface area contributed by atoms with Gasteiger partial charge >= 0.3 is 5.97 Å². The van der Waals surface area contributed by atoms with Crippen LogP contribution in [0.3, 0.4) is 0 Å². The van der Waals surface area contributed by atoms with Crippen LogP contribution in [0.4, 0.5) is 0 Å². The van der Waals surface area contributed by atoms with Crippen LogP contribution in [0.2, 0.25) is 0 Å². The van der Waals surface area contributed by atoms with E-state index in [2.05, 4.69) is 10.0 Å². The molecule has 0 radical (unpaired) electrons. The van der Waals surface area contributed by atoms with Crippen molar-refractivity contribution in [1.82, 2.24) is 10.0 Å². The zero-order valence-electron chi connectivity index (χ0n) is 14.4. The van der Waals surface area contributed by atoms with Gasteiger partial charge in [-0.25, -0.2) is 17.9 Å². The molecular formula is C17H20N2O5S2. The number of hydrogen-bond donors (Lipinski definition) is 2. The van der Waals surface area contributed by atoms with Gasteiger partial charge in [-0.3, -0.25) is 4.79 Å². The average Bonchev–Trinajstić information content (AvgIpc) is 3.13. The molecule has 2 aromatic rings. The van der Waals surface area contributed by atoms with E-state index in [1.807, 2.05) is 17.5 Å². The molecule has 0 aliphatic carbocycles. The maximum Gasteiger partial charge on any atom is 0.338 e. The van der Waals surface area contributed by atoms with Gasteiger partial charge in [0, 0.05) is 11.4 Å². The number of esters is 1. The van der Waals surface area contributed by atoms with Crippen LogP contribution in [0.5, 0.6) is 0 Å². The summed E-state index contributed by atoms with van der Waals surface area (Å²) >= 11 is 1.52. The minimum Gasteiger partial charge on any atom is -0.449 e. The largest absolute Gasteiger partial charge is 0.449 e. The monoisotopic (exact) mass is 396 g/mol. The molecule has 0 aliphatic rings. The molecule has 0 saturated carbocycles. The molecule has 1 atom stereocenters. The summed E-state index contributed by atoms with van der Waals surface area (Å²) < 4.78 is 31.2. The van der Waals surface area contributed by atoms with E-state index < -0.39 is 28.0 Å². The molecule has 0 unspecified atom stereocenters. The quantitative estimate of drug-likeness (QED) is 0.664. The molecule has 1 amide bonds. The van der Waals surface area contributed by atoms with Gasteiger partial charge in [-0.15, -0.1) is 11.3 Å². The van der Waals surface area contributed by atoms with Crippen molar-refractivity contribution in [2.45, 2.75) is 31.4 Å². The molecule has 0 aliphatic heterocycles. The molecule has 26 heavy (non-hydrogen) atoms. The summed E-state index contributed by atoms with van der Waals surface area (Å²) in [7, 11) is -3.58. The van der Waals surface area contributed by atoms with Crippen molar-refractivity contribution in [2.24, 2.45) is 0 Å². The molecule has 2 N–H and O–H groups in total. The molecule has 2 rings (SSSR count). The Hall–Kier alpha value is -2.23. The van der Waals surface area contributed by atoms with Gasteiger partial charge in [0.1, 0.15) is 0 Å². The van der Waals surface area contributed by atoms with Gasteiger partial charge in [-0.2, -0.15) is 0 Å². The normalized spacial score (nSPS) is 12.4. The van der Waals surface area contributed by atoms with E-state index in [-0.39, 0.29) is 17.0 Å². The summed E-state index contributed by atoms with van der Waals surface area (Å²) in [5.74, 6) is -1.10. The highest BCUT2D eigenvalue weighted by Gasteiger charge is 2.20. The molecule has 0 bridgehead atoms. The predicted molar refractivity (Wildman–Crippen MR) is 98.3 cm³/mol. The van der Waals surface area contributed by atoms with Gasteiger partial charge < -0.3 is 10.1 Å². The summed E-state index contributed by atoms with van der Waals surface area (Å²) in [4.78, 5) is 25.2. The van der Waals surface area contributed by atoms with Crippen molar-refractivity contribution in [1.29, 1.82) is 0 Å². The van der Waals surface area contributed by atoms with Crippen LogP contribution in [0.1, 0.15) is 29.1 Å². The van der Waals surface area contributed by atoms with E-state index >= 15 is 0 Å². The summed E-state index contributed by atoms with van der Waals surface area (Å²) in [6, 6.07) is 9.11.